The summed E-state index contributed by atoms with van der Waals surface area (Å²) < 4.78 is 9.19. The van der Waals surface area contributed by atoms with Crippen molar-refractivity contribution in [3.05, 3.63) is 47.5 Å². The Morgan fingerprint density at radius 2 is 1.18 bits per heavy atom. The van der Waals surface area contributed by atoms with Crippen LogP contribution in [0.25, 0.3) is 20.4 Å². The van der Waals surface area contributed by atoms with Crippen LogP contribution in [0.3, 0.4) is 0 Å². The lowest BCUT2D eigenvalue weighted by Gasteiger charge is -2.02. The van der Waals surface area contributed by atoms with Gasteiger partial charge in [0, 0.05) is 0 Å². The van der Waals surface area contributed by atoms with Crippen LogP contribution in [0.5, 0.6) is 0 Å². The first-order valence-electron chi connectivity index (χ1n) is 6.27. The summed E-state index contributed by atoms with van der Waals surface area (Å²) in [4.78, 5) is 25.1. The Bertz CT molecular complexity index is 953. The molecule has 2 heterocycles. The van der Waals surface area contributed by atoms with Crippen molar-refractivity contribution < 1.29 is 9.59 Å². The minimum atomic E-state index is -0.612. The van der Waals surface area contributed by atoms with Crippen LogP contribution in [0.2, 0.25) is 0 Å². The highest BCUT2D eigenvalue weighted by atomic mass is 32.1. The van der Waals surface area contributed by atoms with Gasteiger partial charge in [0.15, 0.2) is 0 Å². The van der Waals surface area contributed by atoms with E-state index < -0.39 is 11.6 Å². The summed E-state index contributed by atoms with van der Waals surface area (Å²) in [6.45, 7) is 0. The maximum Gasteiger partial charge on any atom is 0.235 e. The van der Waals surface area contributed by atoms with E-state index in [9.17, 15) is 9.59 Å². The number of benzene rings is 2. The van der Waals surface area contributed by atoms with Crippen LogP contribution in [0.15, 0.2) is 36.4 Å². The Balaban J connectivity index is 1.84. The third-order valence-corrected chi connectivity index (χ3v) is 4.63. The van der Waals surface area contributed by atoms with Crippen molar-refractivity contribution in [2.45, 2.75) is 0 Å². The Morgan fingerprint density at radius 1 is 0.727 bits per heavy atom. The number of fused-ring (bicyclic) bond motifs is 2. The van der Waals surface area contributed by atoms with Gasteiger partial charge < -0.3 is 0 Å². The molecule has 8 heteroatoms. The number of Topliss-reactive ketones (excluding diaryl/α,β-unsaturated/α-hetero) is 2. The van der Waals surface area contributed by atoms with Gasteiger partial charge in [-0.15, -0.1) is 10.2 Å². The standard InChI is InChI=1S/C14H6N4O2S2/c19-13(7-3-1-5-9-11(7)15-17-21-9)14(20)8-4-2-6-10-12(8)16-18-22-10/h1-6H. The molecule has 0 amide bonds. The van der Waals surface area contributed by atoms with Gasteiger partial charge in [-0.1, -0.05) is 21.1 Å². The summed E-state index contributed by atoms with van der Waals surface area (Å²) in [6, 6.07) is 10.2. The molecule has 4 rings (SSSR count). The van der Waals surface area contributed by atoms with Gasteiger partial charge in [-0.3, -0.25) is 9.59 Å². The molecule has 0 radical (unpaired) electrons. The Hall–Kier alpha value is -2.58. The van der Waals surface area contributed by atoms with E-state index in [0.717, 1.165) is 9.40 Å². The van der Waals surface area contributed by atoms with Crippen molar-refractivity contribution in [2.75, 3.05) is 0 Å². The molecule has 0 saturated heterocycles. The SMILES string of the molecule is O=C(C(=O)c1cccc2snnc12)c1cccc2snnc12. The minimum Gasteiger partial charge on any atom is -0.285 e. The van der Waals surface area contributed by atoms with Gasteiger partial charge in [0.2, 0.25) is 11.6 Å². The summed E-state index contributed by atoms with van der Waals surface area (Å²) in [5.74, 6) is -1.22. The Morgan fingerprint density at radius 3 is 1.64 bits per heavy atom. The lowest BCUT2D eigenvalue weighted by Crippen LogP contribution is -2.15. The van der Waals surface area contributed by atoms with E-state index in [-0.39, 0.29) is 11.1 Å². The number of hydrogen-bond donors (Lipinski definition) is 0. The van der Waals surface area contributed by atoms with Crippen molar-refractivity contribution in [3.63, 3.8) is 0 Å². The molecule has 0 spiro atoms. The van der Waals surface area contributed by atoms with Crippen LogP contribution in [0.4, 0.5) is 0 Å². The highest BCUT2D eigenvalue weighted by molar-refractivity contribution is 7.13. The van der Waals surface area contributed by atoms with Crippen molar-refractivity contribution in [1.29, 1.82) is 0 Å². The molecule has 0 N–H and O–H groups in total. The van der Waals surface area contributed by atoms with E-state index in [2.05, 4.69) is 19.2 Å². The van der Waals surface area contributed by atoms with Crippen molar-refractivity contribution in [3.8, 4) is 0 Å². The zero-order valence-corrected chi connectivity index (χ0v) is 12.5. The molecule has 0 aliphatic carbocycles. The van der Waals surface area contributed by atoms with Crippen LogP contribution in [-0.2, 0) is 0 Å². The number of ketones is 2. The lowest BCUT2D eigenvalue weighted by atomic mass is 10.00. The molecule has 106 valence electrons. The normalized spacial score (nSPS) is 11.1. The average molecular weight is 326 g/mol. The molecule has 6 nitrogen and oxygen atoms in total. The minimum absolute atomic E-state index is 0.261. The summed E-state index contributed by atoms with van der Waals surface area (Å²) >= 11 is 2.37. The fourth-order valence-corrected chi connectivity index (χ4v) is 3.39. The van der Waals surface area contributed by atoms with Crippen LogP contribution in [0.1, 0.15) is 20.7 Å². The Labute approximate surface area is 131 Å². The van der Waals surface area contributed by atoms with Crippen molar-refractivity contribution in [1.82, 2.24) is 19.2 Å². The van der Waals surface area contributed by atoms with Gasteiger partial charge in [-0.25, -0.2) is 0 Å². The number of nitrogens with zero attached hydrogens (tertiary/aromatic N) is 4. The first kappa shape index (κ1) is 13.1. The highest BCUT2D eigenvalue weighted by Crippen LogP contribution is 2.24. The zero-order valence-electron chi connectivity index (χ0n) is 10.9. The predicted molar refractivity (Wildman–Crippen MR) is 83.5 cm³/mol. The molecular formula is C14H6N4O2S2. The number of rotatable bonds is 3. The van der Waals surface area contributed by atoms with Crippen LogP contribution in [-0.4, -0.2) is 30.7 Å². The topological polar surface area (TPSA) is 85.7 Å². The third-order valence-electron chi connectivity index (χ3n) is 3.25. The first-order valence-corrected chi connectivity index (χ1v) is 7.81. The molecule has 0 aliphatic rings. The molecule has 0 fully saturated rings. The fourth-order valence-electron chi connectivity index (χ4n) is 2.22. The Kier molecular flexibility index (Phi) is 2.98. The number of hydrogen-bond acceptors (Lipinski definition) is 8. The maximum absolute atomic E-state index is 12.6. The van der Waals surface area contributed by atoms with Gasteiger partial charge in [-0.2, -0.15) is 0 Å². The first-order chi connectivity index (χ1) is 10.8. The molecule has 2 aromatic carbocycles. The smallest absolute Gasteiger partial charge is 0.235 e. The van der Waals surface area contributed by atoms with E-state index in [4.69, 9.17) is 0 Å². The second-order valence-corrected chi connectivity index (χ2v) is 6.08. The molecule has 2 aromatic heterocycles. The average Bonchev–Trinajstić information content (AvgIpc) is 3.21. The van der Waals surface area contributed by atoms with E-state index in [1.165, 1.54) is 23.1 Å². The second-order valence-electron chi connectivity index (χ2n) is 4.51. The summed E-state index contributed by atoms with van der Waals surface area (Å²) in [7, 11) is 0. The van der Waals surface area contributed by atoms with E-state index >= 15 is 0 Å². The van der Waals surface area contributed by atoms with Crippen molar-refractivity contribution >= 4 is 55.1 Å². The second kappa shape index (κ2) is 5.00. The number of carbonyl (C=O) groups is 2. The molecule has 0 saturated carbocycles. The molecule has 0 unspecified atom stereocenters. The van der Waals surface area contributed by atoms with E-state index in [0.29, 0.717) is 11.0 Å². The van der Waals surface area contributed by atoms with Gasteiger partial charge in [0.05, 0.1) is 20.5 Å². The zero-order chi connectivity index (χ0) is 15.1. The molecule has 22 heavy (non-hydrogen) atoms. The van der Waals surface area contributed by atoms with Crippen LogP contribution < -0.4 is 0 Å². The highest BCUT2D eigenvalue weighted by Gasteiger charge is 2.24. The maximum atomic E-state index is 12.6. The monoisotopic (exact) mass is 326 g/mol. The van der Waals surface area contributed by atoms with Gasteiger partial charge >= 0.3 is 0 Å². The summed E-state index contributed by atoms with van der Waals surface area (Å²) in [5.41, 5.74) is 1.43. The van der Waals surface area contributed by atoms with Gasteiger partial charge in [-0.05, 0) is 47.3 Å². The van der Waals surface area contributed by atoms with Crippen LogP contribution in [0, 0.1) is 0 Å². The number of aromatic nitrogens is 4. The molecule has 0 atom stereocenters. The fraction of sp³-hybridized carbons (Fsp3) is 0. The largest absolute Gasteiger partial charge is 0.285 e. The van der Waals surface area contributed by atoms with Gasteiger partial charge in [0.25, 0.3) is 0 Å². The molecule has 0 aliphatic heterocycles. The predicted octanol–water partition coefficient (Wildman–Crippen LogP) is 2.76. The molecule has 0 bridgehead atoms. The molecular weight excluding hydrogens is 320 g/mol. The summed E-state index contributed by atoms with van der Waals surface area (Å²) in [5, 5.41) is 7.88. The van der Waals surface area contributed by atoms with Crippen molar-refractivity contribution in [2.24, 2.45) is 0 Å². The third kappa shape index (κ3) is 1.92. The quantitative estimate of drug-likeness (QED) is 0.425. The van der Waals surface area contributed by atoms with Crippen LogP contribution >= 0.6 is 23.1 Å². The van der Waals surface area contributed by atoms with E-state index in [1.807, 2.05) is 12.1 Å². The van der Waals surface area contributed by atoms with Gasteiger partial charge in [0.1, 0.15) is 11.0 Å². The number of carbonyl (C=O) groups excluding carboxylic acids is 2. The lowest BCUT2D eigenvalue weighted by molar-refractivity contribution is 0.0818. The molecule has 4 aromatic rings. The van der Waals surface area contributed by atoms with E-state index in [1.54, 1.807) is 24.3 Å². The summed E-state index contributed by atoms with van der Waals surface area (Å²) in [6.07, 6.45) is 0.